The van der Waals surface area contributed by atoms with Gasteiger partial charge in [0.1, 0.15) is 6.42 Å². The fourth-order valence-electron chi connectivity index (χ4n) is 2.10. The Morgan fingerprint density at radius 1 is 1.10 bits per heavy atom. The minimum atomic E-state index is -0.311. The first-order valence-corrected chi connectivity index (χ1v) is 8.27. The van der Waals surface area contributed by atoms with Gasteiger partial charge in [-0.05, 0) is 29.8 Å². The Bertz CT molecular complexity index is 732. The molecule has 2 amide bonds. The zero-order chi connectivity index (χ0) is 15.0. The van der Waals surface area contributed by atoms with Crippen LogP contribution >= 0.6 is 38.9 Å². The number of amides is 2. The first-order chi connectivity index (χ1) is 10.0. The number of carbonyl (C=O) groups excluding carboxylic acids is 2. The van der Waals surface area contributed by atoms with Gasteiger partial charge in [-0.2, -0.15) is 0 Å². The molecular weight excluding hydrogens is 376 g/mol. The normalized spacial score (nSPS) is 15.7. The van der Waals surface area contributed by atoms with E-state index in [1.807, 2.05) is 24.3 Å². The molecule has 0 bridgehead atoms. The van der Waals surface area contributed by atoms with Crippen LogP contribution in [0, 0.1) is 0 Å². The highest BCUT2D eigenvalue weighted by Gasteiger charge is 2.20. The molecule has 0 saturated heterocycles. The lowest BCUT2D eigenvalue weighted by Crippen LogP contribution is -2.16. The van der Waals surface area contributed by atoms with E-state index >= 15 is 0 Å². The van der Waals surface area contributed by atoms with Crippen molar-refractivity contribution in [2.75, 3.05) is 10.6 Å². The highest BCUT2D eigenvalue weighted by atomic mass is 79.9. The molecular formula is C14H10BrClN2O2S. The highest BCUT2D eigenvalue weighted by molar-refractivity contribution is 9.09. The second-order valence-electron chi connectivity index (χ2n) is 4.58. The number of hydrogen-bond acceptors (Lipinski definition) is 3. The van der Waals surface area contributed by atoms with Crippen LogP contribution in [0.3, 0.4) is 0 Å². The van der Waals surface area contributed by atoms with E-state index in [1.54, 1.807) is 6.07 Å². The van der Waals surface area contributed by atoms with Crippen molar-refractivity contribution < 1.29 is 9.59 Å². The lowest BCUT2D eigenvalue weighted by Gasteiger charge is -2.13. The van der Waals surface area contributed by atoms with Gasteiger partial charge in [-0.1, -0.05) is 33.6 Å². The van der Waals surface area contributed by atoms with Crippen molar-refractivity contribution in [2.24, 2.45) is 0 Å². The number of halogens is 2. The van der Waals surface area contributed by atoms with E-state index in [9.17, 15) is 9.59 Å². The van der Waals surface area contributed by atoms with Gasteiger partial charge >= 0.3 is 0 Å². The molecule has 3 rings (SSSR count). The zero-order valence-corrected chi connectivity index (χ0v) is 13.8. The predicted octanol–water partition coefficient (Wildman–Crippen LogP) is 4.17. The van der Waals surface area contributed by atoms with E-state index in [0.717, 1.165) is 14.8 Å². The third-order valence-corrected chi connectivity index (χ3v) is 5.67. The van der Waals surface area contributed by atoms with Gasteiger partial charge < -0.3 is 10.6 Å². The van der Waals surface area contributed by atoms with Crippen LogP contribution in [0.25, 0.3) is 0 Å². The Hall–Kier alpha value is -1.37. The van der Waals surface area contributed by atoms with E-state index in [1.165, 1.54) is 11.3 Å². The summed E-state index contributed by atoms with van der Waals surface area (Å²) in [6, 6.07) is 9.35. The zero-order valence-electron chi connectivity index (χ0n) is 10.7. The Morgan fingerprint density at radius 3 is 2.48 bits per heavy atom. The number of fused-ring (bicyclic) bond motifs is 1. The molecule has 0 fully saturated rings. The molecule has 2 heterocycles. The highest BCUT2D eigenvalue weighted by Crippen LogP contribution is 2.39. The number of hydrogen-bond donors (Lipinski definition) is 2. The van der Waals surface area contributed by atoms with Crippen molar-refractivity contribution in [1.29, 1.82) is 0 Å². The number of nitrogens with one attached hydrogen (secondary N) is 2. The quantitative estimate of drug-likeness (QED) is 0.602. The lowest BCUT2D eigenvalue weighted by atomic mass is 10.1. The van der Waals surface area contributed by atoms with Gasteiger partial charge in [0.2, 0.25) is 11.8 Å². The first-order valence-electron chi connectivity index (χ1n) is 6.16. The summed E-state index contributed by atoms with van der Waals surface area (Å²) in [7, 11) is 0. The van der Waals surface area contributed by atoms with Crippen LogP contribution in [0.2, 0.25) is 4.34 Å². The van der Waals surface area contributed by atoms with E-state index in [0.29, 0.717) is 11.4 Å². The maximum atomic E-state index is 11.6. The molecule has 1 unspecified atom stereocenters. The minimum absolute atomic E-state index is 0.0174. The number of thiophene rings is 1. The van der Waals surface area contributed by atoms with Crippen molar-refractivity contribution in [1.82, 2.24) is 0 Å². The molecule has 2 aromatic rings. The molecule has 7 heteroatoms. The third kappa shape index (κ3) is 3.12. The minimum Gasteiger partial charge on any atom is -0.324 e. The lowest BCUT2D eigenvalue weighted by molar-refractivity contribution is -0.123. The third-order valence-electron chi connectivity index (χ3n) is 3.05. The summed E-state index contributed by atoms with van der Waals surface area (Å²) in [5.74, 6) is -0.617. The molecule has 2 N–H and O–H groups in total. The smallest absolute Gasteiger partial charge is 0.233 e. The van der Waals surface area contributed by atoms with Crippen LogP contribution in [0.5, 0.6) is 0 Å². The molecule has 21 heavy (non-hydrogen) atoms. The Balaban J connectivity index is 1.95. The van der Waals surface area contributed by atoms with E-state index in [-0.39, 0.29) is 23.1 Å². The summed E-state index contributed by atoms with van der Waals surface area (Å²) < 4.78 is 0.727. The Morgan fingerprint density at radius 2 is 1.81 bits per heavy atom. The van der Waals surface area contributed by atoms with Gasteiger partial charge in [0, 0.05) is 4.88 Å². The molecule has 0 aliphatic carbocycles. The molecule has 1 aliphatic rings. The number of alkyl halides is 1. The van der Waals surface area contributed by atoms with E-state index < -0.39 is 0 Å². The van der Waals surface area contributed by atoms with Crippen molar-refractivity contribution >= 4 is 62.1 Å². The van der Waals surface area contributed by atoms with Crippen LogP contribution in [-0.2, 0) is 9.59 Å². The van der Waals surface area contributed by atoms with Crippen LogP contribution in [-0.4, -0.2) is 11.8 Å². The van der Waals surface area contributed by atoms with Gasteiger partial charge in [0.05, 0.1) is 20.5 Å². The molecule has 4 nitrogen and oxygen atoms in total. The molecule has 1 aromatic carbocycles. The summed E-state index contributed by atoms with van der Waals surface area (Å²) in [5, 5.41) is 5.45. The summed E-state index contributed by atoms with van der Waals surface area (Å²) in [4.78, 5) is 24.2. The molecule has 1 aromatic heterocycles. The van der Waals surface area contributed by atoms with Gasteiger partial charge in [-0.25, -0.2) is 0 Å². The summed E-state index contributed by atoms with van der Waals surface area (Å²) in [6.07, 6.45) is -0.164. The fraction of sp³-hybridized carbons (Fsp3) is 0.143. The molecule has 1 atom stereocenters. The maximum Gasteiger partial charge on any atom is 0.233 e. The number of anilines is 2. The van der Waals surface area contributed by atoms with Gasteiger partial charge in [-0.15, -0.1) is 11.3 Å². The summed E-state index contributed by atoms with van der Waals surface area (Å²) in [6.45, 7) is 0. The van der Waals surface area contributed by atoms with Crippen molar-refractivity contribution in [3.63, 3.8) is 0 Å². The summed E-state index contributed by atoms with van der Waals surface area (Å²) in [5.41, 5.74) is 2.19. The van der Waals surface area contributed by atoms with Crippen molar-refractivity contribution in [3.8, 4) is 0 Å². The Kier molecular flexibility index (Phi) is 4.01. The molecule has 0 saturated carbocycles. The molecule has 0 radical (unpaired) electrons. The van der Waals surface area contributed by atoms with Crippen LogP contribution in [0.15, 0.2) is 30.3 Å². The Labute approximate surface area is 138 Å². The van der Waals surface area contributed by atoms with Gasteiger partial charge in [0.25, 0.3) is 0 Å². The number of rotatable bonds is 2. The second-order valence-corrected chi connectivity index (χ2v) is 7.24. The van der Waals surface area contributed by atoms with E-state index in [2.05, 4.69) is 26.6 Å². The molecule has 108 valence electrons. The first kappa shape index (κ1) is 14.6. The monoisotopic (exact) mass is 384 g/mol. The second kappa shape index (κ2) is 5.79. The topological polar surface area (TPSA) is 58.2 Å². The van der Waals surface area contributed by atoms with Gasteiger partial charge in [0.15, 0.2) is 0 Å². The molecule has 1 aliphatic heterocycles. The van der Waals surface area contributed by atoms with Crippen LogP contribution in [0.1, 0.15) is 21.7 Å². The average molecular weight is 386 g/mol. The van der Waals surface area contributed by atoms with Gasteiger partial charge in [-0.3, -0.25) is 9.59 Å². The van der Waals surface area contributed by atoms with Crippen molar-refractivity contribution in [2.45, 2.75) is 11.2 Å². The SMILES string of the molecule is O=C1CC(=O)Nc2cc(C(Br)c3ccc(Cl)s3)ccc2N1. The number of benzene rings is 1. The largest absolute Gasteiger partial charge is 0.324 e. The average Bonchev–Trinajstić information content (AvgIpc) is 2.79. The van der Waals surface area contributed by atoms with Crippen LogP contribution in [0.4, 0.5) is 11.4 Å². The van der Waals surface area contributed by atoms with E-state index in [4.69, 9.17) is 11.6 Å². The van der Waals surface area contributed by atoms with Crippen molar-refractivity contribution in [3.05, 3.63) is 45.1 Å². The molecule has 0 spiro atoms. The fourth-order valence-corrected chi connectivity index (χ4v) is 3.88. The predicted molar refractivity (Wildman–Crippen MR) is 88.4 cm³/mol. The summed E-state index contributed by atoms with van der Waals surface area (Å²) >= 11 is 11.1. The maximum absolute atomic E-state index is 11.6. The standard InChI is InChI=1S/C14H10BrClN2O2S/c15-14(10-3-4-11(16)21-10)7-1-2-8-9(5-7)18-13(20)6-12(19)17-8/h1-5,14H,6H2,(H,17,19)(H,18,20). The van der Waals surface area contributed by atoms with Crippen LogP contribution < -0.4 is 10.6 Å². The number of carbonyl (C=O) groups is 2.